The first-order valence-electron chi connectivity index (χ1n) is 3.20. The molecule has 0 aromatic rings. The predicted octanol–water partition coefficient (Wildman–Crippen LogP) is 1.46. The molecule has 3 heteroatoms. The zero-order valence-corrected chi connectivity index (χ0v) is 6.14. The van der Waals surface area contributed by atoms with Crippen molar-refractivity contribution < 1.29 is 4.79 Å². The molecule has 3 nitrogen and oxygen atoms in total. The fourth-order valence-corrected chi connectivity index (χ4v) is 0.718. The largest absolute Gasteiger partial charge is 0.344 e. The highest BCUT2D eigenvalue weighted by atomic mass is 16.2. The summed E-state index contributed by atoms with van der Waals surface area (Å²) in [5.41, 5.74) is 2.08. The van der Waals surface area contributed by atoms with Crippen LogP contribution in [-0.2, 0) is 0 Å². The van der Waals surface area contributed by atoms with Crippen molar-refractivity contribution >= 4 is 12.2 Å². The van der Waals surface area contributed by atoms with Crippen molar-refractivity contribution in [3.05, 3.63) is 11.3 Å². The van der Waals surface area contributed by atoms with Crippen molar-refractivity contribution in [3.8, 4) is 0 Å². The second kappa shape index (κ2) is 2.64. The van der Waals surface area contributed by atoms with E-state index in [9.17, 15) is 4.79 Å². The molecule has 1 rings (SSSR count). The highest BCUT2D eigenvalue weighted by Crippen LogP contribution is 2.05. The van der Waals surface area contributed by atoms with Crippen molar-refractivity contribution in [3.63, 3.8) is 0 Å². The summed E-state index contributed by atoms with van der Waals surface area (Å²) >= 11 is 0. The van der Waals surface area contributed by atoms with Gasteiger partial charge in [-0.05, 0) is 19.4 Å². The van der Waals surface area contributed by atoms with Crippen LogP contribution in [0.15, 0.2) is 16.3 Å². The number of nitrogens with zero attached hydrogens (tertiary/aromatic N) is 1. The van der Waals surface area contributed by atoms with Crippen LogP contribution in [0.5, 0.6) is 0 Å². The maximum atomic E-state index is 10.7. The summed E-state index contributed by atoms with van der Waals surface area (Å²) in [5.74, 6) is 0. The number of carbonyl (C=O) groups is 1. The minimum atomic E-state index is -0.269. The minimum Gasteiger partial charge on any atom is -0.310 e. The lowest BCUT2D eigenvalue weighted by atomic mass is 10.2. The molecule has 1 aliphatic rings. The second-order valence-electron chi connectivity index (χ2n) is 2.35. The number of carbonyl (C=O) groups excluding carboxylic acids is 1. The van der Waals surface area contributed by atoms with Gasteiger partial charge >= 0.3 is 6.03 Å². The van der Waals surface area contributed by atoms with Gasteiger partial charge in [-0.15, -0.1) is 0 Å². The van der Waals surface area contributed by atoms with E-state index in [0.29, 0.717) is 0 Å². The Kier molecular flexibility index (Phi) is 1.85. The molecule has 1 aliphatic heterocycles. The molecule has 0 aliphatic carbocycles. The molecule has 0 spiro atoms. The van der Waals surface area contributed by atoms with E-state index < -0.39 is 0 Å². The molecule has 54 valence electrons. The zero-order chi connectivity index (χ0) is 7.56. The van der Waals surface area contributed by atoms with Crippen LogP contribution in [0, 0.1) is 0 Å². The van der Waals surface area contributed by atoms with Crippen molar-refractivity contribution in [2.24, 2.45) is 4.99 Å². The van der Waals surface area contributed by atoms with Gasteiger partial charge in [-0.2, -0.15) is 0 Å². The first-order chi connectivity index (χ1) is 4.70. The van der Waals surface area contributed by atoms with E-state index in [-0.39, 0.29) is 6.03 Å². The zero-order valence-electron chi connectivity index (χ0n) is 6.14. The van der Waals surface area contributed by atoms with Gasteiger partial charge in [0.1, 0.15) is 0 Å². The lowest BCUT2D eigenvalue weighted by Crippen LogP contribution is -2.16. The Morgan fingerprint density at radius 1 is 1.60 bits per heavy atom. The number of allylic oxidation sites excluding steroid dienone is 2. The Balaban J connectivity index is 2.83. The van der Waals surface area contributed by atoms with Crippen LogP contribution in [0.2, 0.25) is 0 Å². The van der Waals surface area contributed by atoms with Crippen LogP contribution in [0.1, 0.15) is 20.3 Å². The molecule has 0 saturated heterocycles. The number of hydrogen-bond donors (Lipinski definition) is 1. The summed E-state index contributed by atoms with van der Waals surface area (Å²) in [5, 5.41) is 2.63. The first kappa shape index (κ1) is 6.99. The van der Waals surface area contributed by atoms with Crippen molar-refractivity contribution in [2.75, 3.05) is 0 Å². The summed E-state index contributed by atoms with van der Waals surface area (Å²) in [6, 6.07) is -0.269. The fraction of sp³-hybridized carbons (Fsp3) is 0.429. The molecule has 0 unspecified atom stereocenters. The number of amides is 2. The van der Waals surface area contributed by atoms with Gasteiger partial charge in [0.2, 0.25) is 0 Å². The van der Waals surface area contributed by atoms with Gasteiger partial charge in [0, 0.05) is 18.3 Å². The Morgan fingerprint density at radius 3 is 3.00 bits per heavy atom. The van der Waals surface area contributed by atoms with Gasteiger partial charge in [0.25, 0.3) is 0 Å². The van der Waals surface area contributed by atoms with Gasteiger partial charge in [0.15, 0.2) is 0 Å². The smallest absolute Gasteiger partial charge is 0.310 e. The van der Waals surface area contributed by atoms with E-state index >= 15 is 0 Å². The van der Waals surface area contributed by atoms with E-state index in [4.69, 9.17) is 0 Å². The molecular weight excluding hydrogens is 128 g/mol. The van der Waals surface area contributed by atoms with E-state index in [1.165, 1.54) is 0 Å². The third kappa shape index (κ3) is 1.43. The van der Waals surface area contributed by atoms with Crippen LogP contribution in [-0.4, -0.2) is 12.2 Å². The van der Waals surface area contributed by atoms with Crippen LogP contribution >= 0.6 is 0 Å². The Morgan fingerprint density at radius 2 is 2.30 bits per heavy atom. The number of rotatable bonds is 0. The fourth-order valence-electron chi connectivity index (χ4n) is 0.718. The average Bonchev–Trinajstić information content (AvgIpc) is 1.96. The average molecular weight is 138 g/mol. The van der Waals surface area contributed by atoms with Gasteiger partial charge in [-0.25, -0.2) is 9.79 Å². The molecule has 0 bridgehead atoms. The third-order valence-corrected chi connectivity index (χ3v) is 1.54. The molecule has 0 aromatic heterocycles. The number of hydrogen-bond acceptors (Lipinski definition) is 1. The molecule has 0 radical (unpaired) electrons. The van der Waals surface area contributed by atoms with Crippen molar-refractivity contribution in [2.45, 2.75) is 20.3 Å². The van der Waals surface area contributed by atoms with Crippen LogP contribution in [0.25, 0.3) is 0 Å². The monoisotopic (exact) mass is 138 g/mol. The number of nitrogens with one attached hydrogen (secondary N) is 1. The Bertz CT molecular complexity index is 212. The van der Waals surface area contributed by atoms with Crippen LogP contribution in [0.4, 0.5) is 4.79 Å². The first-order valence-corrected chi connectivity index (χ1v) is 3.20. The summed E-state index contributed by atoms with van der Waals surface area (Å²) in [6.07, 6.45) is 2.39. The van der Waals surface area contributed by atoms with Gasteiger partial charge in [-0.3, -0.25) is 0 Å². The molecule has 0 saturated carbocycles. The Hall–Kier alpha value is -1.12. The number of aliphatic imine (C=N–C) groups is 1. The molecule has 10 heavy (non-hydrogen) atoms. The highest BCUT2D eigenvalue weighted by molar-refractivity contribution is 5.86. The van der Waals surface area contributed by atoms with E-state index in [1.54, 1.807) is 6.21 Å². The molecule has 0 fully saturated rings. The topological polar surface area (TPSA) is 41.5 Å². The standard InChI is InChI=1S/C7H10N2O/c1-5-3-4-8-7(10)9-6(5)2/h4H,3H2,1-2H3,(H,9,10). The summed E-state index contributed by atoms with van der Waals surface area (Å²) in [6.45, 7) is 3.86. The molecule has 2 amide bonds. The quantitative estimate of drug-likeness (QED) is 0.541. The van der Waals surface area contributed by atoms with E-state index in [2.05, 4.69) is 10.3 Å². The van der Waals surface area contributed by atoms with Crippen molar-refractivity contribution in [1.29, 1.82) is 0 Å². The van der Waals surface area contributed by atoms with E-state index in [1.807, 2.05) is 13.8 Å². The van der Waals surface area contributed by atoms with Gasteiger partial charge in [0.05, 0.1) is 0 Å². The number of urea groups is 1. The maximum absolute atomic E-state index is 10.7. The Labute approximate surface area is 59.8 Å². The lowest BCUT2D eigenvalue weighted by Gasteiger charge is -2.00. The summed E-state index contributed by atoms with van der Waals surface area (Å²) in [4.78, 5) is 14.3. The van der Waals surface area contributed by atoms with Crippen LogP contribution in [0.3, 0.4) is 0 Å². The summed E-state index contributed by atoms with van der Waals surface area (Å²) in [7, 11) is 0. The van der Waals surface area contributed by atoms with Crippen molar-refractivity contribution in [1.82, 2.24) is 5.32 Å². The predicted molar refractivity (Wildman–Crippen MR) is 40.0 cm³/mol. The normalized spacial score (nSPS) is 18.8. The van der Waals surface area contributed by atoms with E-state index in [0.717, 1.165) is 17.7 Å². The molecular formula is C7H10N2O. The molecule has 0 atom stereocenters. The maximum Gasteiger partial charge on any atom is 0.344 e. The highest BCUT2D eigenvalue weighted by Gasteiger charge is 2.03. The molecule has 0 aromatic carbocycles. The summed E-state index contributed by atoms with van der Waals surface area (Å²) < 4.78 is 0. The van der Waals surface area contributed by atoms with Crippen LogP contribution < -0.4 is 5.32 Å². The lowest BCUT2D eigenvalue weighted by molar-refractivity contribution is 0.251. The van der Waals surface area contributed by atoms with Gasteiger partial charge in [-0.1, -0.05) is 0 Å². The minimum absolute atomic E-state index is 0.269. The second-order valence-corrected chi connectivity index (χ2v) is 2.35. The molecule has 1 N–H and O–H groups in total. The SMILES string of the molecule is CC1=C(C)NC(=O)N=CC1. The van der Waals surface area contributed by atoms with Gasteiger partial charge < -0.3 is 5.32 Å². The third-order valence-electron chi connectivity index (χ3n) is 1.54. The molecule has 1 heterocycles.